The van der Waals surface area contributed by atoms with E-state index in [0.29, 0.717) is 22.4 Å². The maximum Gasteiger partial charge on any atom is 0.0595 e. The molecule has 0 aliphatic rings. The zero-order valence-corrected chi connectivity index (χ0v) is 13.7. The zero-order chi connectivity index (χ0) is 14.3. The maximum atomic E-state index is 12.1. The van der Waals surface area contributed by atoms with Crippen molar-refractivity contribution in [2.75, 3.05) is 19.0 Å². The quantitative estimate of drug-likeness (QED) is 0.653. The molecule has 19 heavy (non-hydrogen) atoms. The van der Waals surface area contributed by atoms with E-state index in [0.717, 1.165) is 25.0 Å². The van der Waals surface area contributed by atoms with Crippen molar-refractivity contribution in [3.05, 3.63) is 33.8 Å². The van der Waals surface area contributed by atoms with Crippen LogP contribution in [0.4, 0.5) is 0 Å². The van der Waals surface area contributed by atoms with Gasteiger partial charge in [0.25, 0.3) is 0 Å². The molecule has 5 heteroatoms. The van der Waals surface area contributed by atoms with E-state index in [-0.39, 0.29) is 5.25 Å². The Bertz CT molecular complexity index is 424. The number of rotatable bonds is 8. The van der Waals surface area contributed by atoms with E-state index in [1.807, 2.05) is 13.0 Å². The van der Waals surface area contributed by atoms with Crippen LogP contribution in [0.3, 0.4) is 0 Å². The minimum Gasteiger partial charge on any atom is -0.380 e. The summed E-state index contributed by atoms with van der Waals surface area (Å²) in [5, 5.41) is 0.957. The number of benzene rings is 1. The van der Waals surface area contributed by atoms with Crippen molar-refractivity contribution in [1.29, 1.82) is 0 Å². The van der Waals surface area contributed by atoms with E-state index < -0.39 is 10.8 Å². The second kappa shape index (κ2) is 8.96. The molecule has 0 N–H and O–H groups in total. The Balaban J connectivity index is 2.45. The highest BCUT2D eigenvalue weighted by atomic mass is 35.5. The van der Waals surface area contributed by atoms with Gasteiger partial charge in [-0.15, -0.1) is 0 Å². The molecule has 0 aliphatic carbocycles. The van der Waals surface area contributed by atoms with E-state index in [1.54, 1.807) is 12.1 Å². The summed E-state index contributed by atoms with van der Waals surface area (Å²) in [6.45, 7) is 5.34. The predicted molar refractivity (Wildman–Crippen MR) is 83.6 cm³/mol. The number of ether oxygens (including phenoxy) is 1. The third kappa shape index (κ3) is 5.82. The van der Waals surface area contributed by atoms with Crippen LogP contribution in [0, 0.1) is 0 Å². The summed E-state index contributed by atoms with van der Waals surface area (Å²) < 4.78 is 17.6. The SMILES string of the molecule is CCCCOCCS(=O)C(C)c1ccc(Cl)c(Cl)c1. The molecule has 0 spiro atoms. The van der Waals surface area contributed by atoms with Crippen LogP contribution in [0.25, 0.3) is 0 Å². The number of hydrogen-bond donors (Lipinski definition) is 0. The molecular formula is C14H20Cl2O2S. The summed E-state index contributed by atoms with van der Waals surface area (Å²) >= 11 is 11.8. The summed E-state index contributed by atoms with van der Waals surface area (Å²) in [5.74, 6) is 0.547. The number of hydrogen-bond acceptors (Lipinski definition) is 2. The van der Waals surface area contributed by atoms with Gasteiger partial charge in [-0.05, 0) is 31.0 Å². The van der Waals surface area contributed by atoms with Gasteiger partial charge in [0.05, 0.1) is 21.9 Å². The molecule has 1 rings (SSSR count). The first-order valence-electron chi connectivity index (χ1n) is 6.46. The maximum absolute atomic E-state index is 12.1. The predicted octanol–water partition coefficient (Wildman–Crippen LogP) is 4.62. The summed E-state index contributed by atoms with van der Waals surface area (Å²) in [5.41, 5.74) is 0.946. The van der Waals surface area contributed by atoms with Gasteiger partial charge in [0.1, 0.15) is 0 Å². The minimum atomic E-state index is -0.963. The second-order valence-corrected chi connectivity index (χ2v) is 7.06. The Morgan fingerprint density at radius 2 is 2.00 bits per heavy atom. The Kier molecular flexibility index (Phi) is 8.00. The average molecular weight is 323 g/mol. The van der Waals surface area contributed by atoms with Gasteiger partial charge in [0.2, 0.25) is 0 Å². The van der Waals surface area contributed by atoms with Crippen LogP contribution in [-0.4, -0.2) is 23.2 Å². The second-order valence-electron chi connectivity index (χ2n) is 4.37. The molecule has 108 valence electrons. The van der Waals surface area contributed by atoms with E-state index >= 15 is 0 Å². The summed E-state index contributed by atoms with van der Waals surface area (Å²) in [6, 6.07) is 5.39. The fraction of sp³-hybridized carbons (Fsp3) is 0.571. The monoisotopic (exact) mass is 322 g/mol. The van der Waals surface area contributed by atoms with Crippen LogP contribution < -0.4 is 0 Å². The van der Waals surface area contributed by atoms with Gasteiger partial charge in [0, 0.05) is 23.2 Å². The molecule has 0 radical (unpaired) electrons. The lowest BCUT2D eigenvalue weighted by atomic mass is 10.2. The first-order valence-corrected chi connectivity index (χ1v) is 8.60. The number of halogens is 2. The average Bonchev–Trinajstić information content (AvgIpc) is 2.40. The van der Waals surface area contributed by atoms with E-state index in [1.165, 1.54) is 0 Å². The Morgan fingerprint density at radius 1 is 1.26 bits per heavy atom. The van der Waals surface area contributed by atoms with E-state index in [4.69, 9.17) is 27.9 Å². The topological polar surface area (TPSA) is 26.3 Å². The minimum absolute atomic E-state index is 0.0652. The fourth-order valence-corrected chi connectivity index (χ4v) is 2.98. The van der Waals surface area contributed by atoms with Gasteiger partial charge in [-0.3, -0.25) is 4.21 Å². The van der Waals surface area contributed by atoms with E-state index in [2.05, 4.69) is 6.92 Å². The molecule has 0 heterocycles. The third-order valence-electron chi connectivity index (χ3n) is 2.88. The van der Waals surface area contributed by atoms with Crippen molar-refractivity contribution in [2.24, 2.45) is 0 Å². The molecule has 0 fully saturated rings. The molecular weight excluding hydrogens is 303 g/mol. The summed E-state index contributed by atoms with van der Waals surface area (Å²) in [6.07, 6.45) is 2.16. The van der Waals surface area contributed by atoms with Crippen LogP contribution >= 0.6 is 23.2 Å². The van der Waals surface area contributed by atoms with Crippen molar-refractivity contribution >= 4 is 34.0 Å². The van der Waals surface area contributed by atoms with Gasteiger partial charge in [-0.2, -0.15) is 0 Å². The van der Waals surface area contributed by atoms with Crippen LogP contribution in [0.5, 0.6) is 0 Å². The molecule has 1 aromatic carbocycles. The van der Waals surface area contributed by atoms with E-state index in [9.17, 15) is 4.21 Å². The Morgan fingerprint density at radius 3 is 2.63 bits per heavy atom. The van der Waals surface area contributed by atoms with Gasteiger partial charge in [-0.25, -0.2) is 0 Å². The van der Waals surface area contributed by atoms with Crippen molar-refractivity contribution in [1.82, 2.24) is 0 Å². The lowest BCUT2D eigenvalue weighted by molar-refractivity contribution is 0.146. The molecule has 2 nitrogen and oxygen atoms in total. The molecule has 0 saturated carbocycles. The third-order valence-corrected chi connectivity index (χ3v) is 5.25. The highest BCUT2D eigenvalue weighted by Crippen LogP contribution is 2.27. The lowest BCUT2D eigenvalue weighted by Gasteiger charge is -2.13. The first-order chi connectivity index (χ1) is 9.06. The molecule has 2 unspecified atom stereocenters. The van der Waals surface area contributed by atoms with Crippen LogP contribution in [0.1, 0.15) is 37.5 Å². The first kappa shape index (κ1) is 17.0. The van der Waals surface area contributed by atoms with Crippen LogP contribution in [-0.2, 0) is 15.5 Å². The fourth-order valence-electron chi connectivity index (χ4n) is 1.58. The molecule has 0 aromatic heterocycles. The molecule has 1 aromatic rings. The number of unbranched alkanes of at least 4 members (excludes halogenated alkanes) is 1. The normalized spacial score (nSPS) is 14.3. The van der Waals surface area contributed by atoms with Crippen LogP contribution in [0.2, 0.25) is 10.0 Å². The highest BCUT2D eigenvalue weighted by molar-refractivity contribution is 7.85. The smallest absolute Gasteiger partial charge is 0.0595 e. The van der Waals surface area contributed by atoms with Crippen molar-refractivity contribution < 1.29 is 8.95 Å². The molecule has 0 amide bonds. The lowest BCUT2D eigenvalue weighted by Crippen LogP contribution is -2.12. The van der Waals surface area contributed by atoms with Gasteiger partial charge >= 0.3 is 0 Å². The molecule has 0 aliphatic heterocycles. The zero-order valence-electron chi connectivity index (χ0n) is 11.3. The van der Waals surface area contributed by atoms with Gasteiger partial charge in [-0.1, -0.05) is 42.6 Å². The molecule has 2 atom stereocenters. The van der Waals surface area contributed by atoms with Crippen molar-refractivity contribution in [3.63, 3.8) is 0 Å². The standard InChI is InChI=1S/C14H20Cl2O2S/c1-3-4-7-18-8-9-19(17)11(2)12-5-6-13(15)14(16)10-12/h5-6,10-11H,3-4,7-9H2,1-2H3. The summed E-state index contributed by atoms with van der Waals surface area (Å²) in [4.78, 5) is 0. The Labute approximate surface area is 127 Å². The molecule has 0 saturated heterocycles. The largest absolute Gasteiger partial charge is 0.380 e. The van der Waals surface area contributed by atoms with Gasteiger partial charge < -0.3 is 4.74 Å². The van der Waals surface area contributed by atoms with Crippen molar-refractivity contribution in [2.45, 2.75) is 31.9 Å². The summed E-state index contributed by atoms with van der Waals surface area (Å²) in [7, 11) is -0.963. The van der Waals surface area contributed by atoms with Crippen molar-refractivity contribution in [3.8, 4) is 0 Å². The Hall–Kier alpha value is -0.0900. The van der Waals surface area contributed by atoms with Gasteiger partial charge in [0.15, 0.2) is 0 Å². The van der Waals surface area contributed by atoms with Crippen LogP contribution in [0.15, 0.2) is 18.2 Å². The highest BCUT2D eigenvalue weighted by Gasteiger charge is 2.14. The molecule has 0 bridgehead atoms.